The lowest BCUT2D eigenvalue weighted by molar-refractivity contribution is 0.372. The summed E-state index contributed by atoms with van der Waals surface area (Å²) in [5.74, 6) is 1.68. The molecular weight excluding hydrogens is 244 g/mol. The molecule has 3 unspecified atom stereocenters. The van der Waals surface area contributed by atoms with Gasteiger partial charge in [-0.3, -0.25) is 4.98 Å². The van der Waals surface area contributed by atoms with Crippen LogP contribution in [0, 0.1) is 11.8 Å². The van der Waals surface area contributed by atoms with E-state index < -0.39 is 0 Å². The third-order valence-electron chi connectivity index (χ3n) is 4.91. The minimum Gasteiger partial charge on any atom is -0.313 e. The molecule has 106 valence electrons. The van der Waals surface area contributed by atoms with Gasteiger partial charge in [0.1, 0.15) is 0 Å². The molecule has 1 aromatic heterocycles. The second-order valence-corrected chi connectivity index (χ2v) is 6.08. The molecule has 1 fully saturated rings. The van der Waals surface area contributed by atoms with Crippen molar-refractivity contribution in [2.75, 3.05) is 7.05 Å². The highest BCUT2D eigenvalue weighted by Crippen LogP contribution is 2.40. The lowest BCUT2D eigenvalue weighted by Crippen LogP contribution is -2.24. The van der Waals surface area contributed by atoms with E-state index >= 15 is 0 Å². The molecule has 0 amide bonds. The second kappa shape index (κ2) is 5.92. The first-order valence-corrected chi connectivity index (χ1v) is 7.83. The third-order valence-corrected chi connectivity index (χ3v) is 4.91. The topological polar surface area (TPSA) is 24.9 Å². The summed E-state index contributed by atoms with van der Waals surface area (Å²) in [6.07, 6.45) is 7.47. The van der Waals surface area contributed by atoms with E-state index in [1.54, 1.807) is 0 Å². The predicted molar refractivity (Wildman–Crippen MR) is 84.7 cm³/mol. The van der Waals surface area contributed by atoms with Crippen LogP contribution in [0.4, 0.5) is 0 Å². The molecule has 3 rings (SSSR count). The minimum absolute atomic E-state index is 0.448. The van der Waals surface area contributed by atoms with Crippen molar-refractivity contribution in [3.05, 3.63) is 42.1 Å². The molecule has 2 aromatic rings. The molecule has 1 aromatic carbocycles. The van der Waals surface area contributed by atoms with Gasteiger partial charge < -0.3 is 5.32 Å². The van der Waals surface area contributed by atoms with Gasteiger partial charge in [0.25, 0.3) is 0 Å². The van der Waals surface area contributed by atoms with Gasteiger partial charge in [0.05, 0.1) is 5.52 Å². The van der Waals surface area contributed by atoms with E-state index in [4.69, 9.17) is 0 Å². The van der Waals surface area contributed by atoms with Crippen molar-refractivity contribution in [1.29, 1.82) is 0 Å². The highest BCUT2D eigenvalue weighted by atomic mass is 14.9. The fourth-order valence-electron chi connectivity index (χ4n) is 3.72. The van der Waals surface area contributed by atoms with Crippen molar-refractivity contribution >= 4 is 10.9 Å². The van der Waals surface area contributed by atoms with Crippen molar-refractivity contribution in [1.82, 2.24) is 10.3 Å². The number of para-hydroxylation sites is 1. The Morgan fingerprint density at radius 1 is 1.30 bits per heavy atom. The van der Waals surface area contributed by atoms with Crippen LogP contribution < -0.4 is 5.32 Å². The molecule has 0 spiro atoms. The van der Waals surface area contributed by atoms with Crippen LogP contribution in [-0.2, 0) is 0 Å². The second-order valence-electron chi connectivity index (χ2n) is 6.08. The van der Waals surface area contributed by atoms with Gasteiger partial charge in [-0.15, -0.1) is 0 Å². The van der Waals surface area contributed by atoms with Gasteiger partial charge in [0.2, 0.25) is 0 Å². The molecule has 0 aliphatic heterocycles. The summed E-state index contributed by atoms with van der Waals surface area (Å²) in [6, 6.07) is 11.1. The molecule has 1 aliphatic carbocycles. The Hall–Kier alpha value is -1.41. The van der Waals surface area contributed by atoms with Crippen molar-refractivity contribution < 1.29 is 0 Å². The van der Waals surface area contributed by atoms with Crippen LogP contribution in [0.1, 0.15) is 44.2 Å². The van der Waals surface area contributed by atoms with Gasteiger partial charge in [0.15, 0.2) is 0 Å². The molecule has 1 aliphatic rings. The SMILES string of the molecule is CCC1CCC(C(NC)c2cnc3ccccc3c2)C1. The van der Waals surface area contributed by atoms with Gasteiger partial charge in [-0.25, -0.2) is 0 Å². The Balaban J connectivity index is 1.87. The van der Waals surface area contributed by atoms with E-state index in [1.807, 2.05) is 6.07 Å². The molecule has 0 bridgehead atoms. The average molecular weight is 268 g/mol. The Morgan fingerprint density at radius 3 is 2.90 bits per heavy atom. The Kier molecular flexibility index (Phi) is 4.02. The maximum Gasteiger partial charge on any atom is 0.0702 e. The summed E-state index contributed by atoms with van der Waals surface area (Å²) >= 11 is 0. The monoisotopic (exact) mass is 268 g/mol. The number of fused-ring (bicyclic) bond motifs is 1. The first kappa shape index (κ1) is 13.6. The zero-order chi connectivity index (χ0) is 13.9. The highest BCUT2D eigenvalue weighted by Gasteiger charge is 2.30. The lowest BCUT2D eigenvalue weighted by Gasteiger charge is -2.24. The molecule has 1 N–H and O–H groups in total. The molecular formula is C18H24N2. The van der Waals surface area contributed by atoms with Gasteiger partial charge in [-0.2, -0.15) is 0 Å². The summed E-state index contributed by atoms with van der Waals surface area (Å²) in [6.45, 7) is 2.32. The summed E-state index contributed by atoms with van der Waals surface area (Å²) in [5, 5.41) is 4.78. The number of aromatic nitrogens is 1. The number of benzene rings is 1. The third kappa shape index (κ3) is 2.57. The standard InChI is InChI=1S/C18H24N2/c1-3-13-8-9-15(10-13)18(19-2)16-11-14-6-4-5-7-17(14)20-12-16/h4-7,11-13,15,18-19H,3,8-10H2,1-2H3. The van der Waals surface area contributed by atoms with Gasteiger partial charge in [-0.05, 0) is 49.4 Å². The molecule has 0 saturated heterocycles. The van der Waals surface area contributed by atoms with E-state index in [-0.39, 0.29) is 0 Å². The predicted octanol–water partition coefficient (Wildman–Crippen LogP) is 4.32. The van der Waals surface area contributed by atoms with Gasteiger partial charge in [-0.1, -0.05) is 38.0 Å². The van der Waals surface area contributed by atoms with Crippen molar-refractivity contribution in [2.24, 2.45) is 11.8 Å². The largest absolute Gasteiger partial charge is 0.313 e. The first-order valence-electron chi connectivity index (χ1n) is 7.83. The van der Waals surface area contributed by atoms with Crippen LogP contribution in [0.3, 0.4) is 0 Å². The molecule has 2 heteroatoms. The molecule has 1 heterocycles. The molecule has 2 nitrogen and oxygen atoms in total. The normalized spacial score (nSPS) is 24.1. The van der Waals surface area contributed by atoms with Crippen molar-refractivity contribution in [3.63, 3.8) is 0 Å². The number of hydrogen-bond acceptors (Lipinski definition) is 2. The molecule has 0 radical (unpaired) electrons. The molecule has 20 heavy (non-hydrogen) atoms. The van der Waals surface area contributed by atoms with Crippen molar-refractivity contribution in [2.45, 2.75) is 38.6 Å². The summed E-state index contributed by atoms with van der Waals surface area (Å²) in [5.41, 5.74) is 2.43. The van der Waals surface area contributed by atoms with Crippen LogP contribution in [0.15, 0.2) is 36.5 Å². The van der Waals surface area contributed by atoms with E-state index in [0.29, 0.717) is 6.04 Å². The number of rotatable bonds is 4. The maximum absolute atomic E-state index is 4.62. The quantitative estimate of drug-likeness (QED) is 0.893. The van der Waals surface area contributed by atoms with Crippen LogP contribution in [0.5, 0.6) is 0 Å². The fraction of sp³-hybridized carbons (Fsp3) is 0.500. The molecule has 3 atom stereocenters. The number of nitrogens with zero attached hydrogens (tertiary/aromatic N) is 1. The van der Waals surface area contributed by atoms with Crippen LogP contribution in [0.2, 0.25) is 0 Å². The summed E-state index contributed by atoms with van der Waals surface area (Å²) < 4.78 is 0. The van der Waals surface area contributed by atoms with E-state index in [9.17, 15) is 0 Å². The summed E-state index contributed by atoms with van der Waals surface area (Å²) in [4.78, 5) is 4.62. The first-order chi connectivity index (χ1) is 9.81. The van der Waals surface area contributed by atoms with E-state index in [0.717, 1.165) is 17.4 Å². The van der Waals surface area contributed by atoms with Crippen LogP contribution >= 0.6 is 0 Å². The highest BCUT2D eigenvalue weighted by molar-refractivity contribution is 5.78. The summed E-state index contributed by atoms with van der Waals surface area (Å²) in [7, 11) is 2.08. The van der Waals surface area contributed by atoms with E-state index in [2.05, 4.69) is 54.7 Å². The minimum atomic E-state index is 0.448. The molecule has 1 saturated carbocycles. The fourth-order valence-corrected chi connectivity index (χ4v) is 3.72. The number of nitrogens with one attached hydrogen (secondary N) is 1. The van der Waals surface area contributed by atoms with Crippen LogP contribution in [0.25, 0.3) is 10.9 Å². The smallest absolute Gasteiger partial charge is 0.0702 e. The van der Waals surface area contributed by atoms with Gasteiger partial charge >= 0.3 is 0 Å². The van der Waals surface area contributed by atoms with E-state index in [1.165, 1.54) is 36.6 Å². The Bertz CT molecular complexity index is 578. The lowest BCUT2D eigenvalue weighted by atomic mass is 9.91. The zero-order valence-corrected chi connectivity index (χ0v) is 12.5. The average Bonchev–Trinajstić information content (AvgIpc) is 2.97. The number of pyridine rings is 1. The Labute approximate surface area is 121 Å². The Morgan fingerprint density at radius 2 is 2.15 bits per heavy atom. The van der Waals surface area contributed by atoms with Gasteiger partial charge in [0, 0.05) is 17.6 Å². The van der Waals surface area contributed by atoms with Crippen LogP contribution in [-0.4, -0.2) is 12.0 Å². The maximum atomic E-state index is 4.62. The zero-order valence-electron chi connectivity index (χ0n) is 12.5. The van der Waals surface area contributed by atoms with Crippen molar-refractivity contribution in [3.8, 4) is 0 Å². The number of hydrogen-bond donors (Lipinski definition) is 1.